The Morgan fingerprint density at radius 3 is 2.39 bits per heavy atom. The second-order valence-corrected chi connectivity index (χ2v) is 7.83. The molecule has 12 heteroatoms. The van der Waals surface area contributed by atoms with Crippen LogP contribution >= 0.6 is 0 Å². The van der Waals surface area contributed by atoms with E-state index < -0.39 is 42.1 Å². The van der Waals surface area contributed by atoms with Gasteiger partial charge in [0, 0.05) is 6.42 Å². The lowest BCUT2D eigenvalue weighted by molar-refractivity contribution is -0.145. The number of rotatable bonds is 8. The van der Waals surface area contributed by atoms with Gasteiger partial charge >= 0.3 is 17.2 Å². The van der Waals surface area contributed by atoms with Crippen LogP contribution in [0.3, 0.4) is 0 Å². The monoisotopic (exact) mass is 462 g/mol. The first kappa shape index (κ1) is 24.5. The molecule has 4 N–H and O–H groups in total. The van der Waals surface area contributed by atoms with Crippen molar-refractivity contribution in [1.82, 2.24) is 19.3 Å². The number of aryl methyl sites for hydroxylation is 2. The molecule has 0 amide bonds. The first-order chi connectivity index (χ1) is 15.6. The van der Waals surface area contributed by atoms with Gasteiger partial charge in [-0.15, -0.1) is 0 Å². The van der Waals surface area contributed by atoms with Crippen molar-refractivity contribution in [2.45, 2.75) is 58.5 Å². The Labute approximate surface area is 187 Å². The van der Waals surface area contributed by atoms with E-state index in [2.05, 4.69) is 9.97 Å². The van der Waals surface area contributed by atoms with E-state index in [9.17, 15) is 29.7 Å². The molecule has 12 nitrogen and oxygen atoms in total. The van der Waals surface area contributed by atoms with Crippen molar-refractivity contribution in [3.63, 3.8) is 0 Å². The van der Waals surface area contributed by atoms with Crippen LogP contribution in [0.15, 0.2) is 21.7 Å². The van der Waals surface area contributed by atoms with Crippen LogP contribution in [-0.2, 0) is 11.3 Å². The van der Waals surface area contributed by atoms with E-state index in [0.717, 1.165) is 11.1 Å². The average Bonchev–Trinajstić information content (AvgIpc) is 2.77. The maximum atomic E-state index is 13.0. The zero-order valence-electron chi connectivity index (χ0n) is 18.4. The highest BCUT2D eigenvalue weighted by atomic mass is 16.7. The van der Waals surface area contributed by atoms with Gasteiger partial charge in [0.15, 0.2) is 11.5 Å². The molecule has 33 heavy (non-hydrogen) atoms. The second-order valence-electron chi connectivity index (χ2n) is 7.83. The van der Waals surface area contributed by atoms with Crippen molar-refractivity contribution in [3.05, 3.63) is 44.1 Å². The zero-order chi connectivity index (χ0) is 24.4. The van der Waals surface area contributed by atoms with Gasteiger partial charge in [-0.1, -0.05) is 11.7 Å². The molecular formula is C21H26N4O8. The molecule has 3 rings (SSSR count). The minimum absolute atomic E-state index is 0.00912. The van der Waals surface area contributed by atoms with Gasteiger partial charge in [0.05, 0.1) is 24.2 Å². The van der Waals surface area contributed by atoms with Crippen molar-refractivity contribution < 1.29 is 30.1 Å². The highest BCUT2D eigenvalue weighted by molar-refractivity contribution is 5.81. The SMILES string of the molecule is CCCC(=O)On1c(=O)nc2n(CC(O)C(O)C(O)CO)c3cc(C)c(C)cc3nc-2c1=O. The number of aliphatic hydroxyl groups excluding tert-OH is 4. The highest BCUT2D eigenvalue weighted by Crippen LogP contribution is 2.24. The molecule has 3 unspecified atom stereocenters. The summed E-state index contributed by atoms with van der Waals surface area (Å²) in [6.07, 6.45) is -4.47. The normalized spacial score (nSPS) is 14.4. The number of carbonyl (C=O) groups excluding carboxylic acids is 1. The van der Waals surface area contributed by atoms with Crippen LogP contribution < -0.4 is 16.1 Å². The average molecular weight is 462 g/mol. The molecule has 178 valence electrons. The molecular weight excluding hydrogens is 436 g/mol. The number of nitrogens with zero attached hydrogens (tertiary/aromatic N) is 4. The molecule has 0 radical (unpaired) electrons. The quantitative estimate of drug-likeness (QED) is 0.288. The van der Waals surface area contributed by atoms with Gasteiger partial charge in [0.25, 0.3) is 0 Å². The van der Waals surface area contributed by atoms with Gasteiger partial charge < -0.3 is 29.8 Å². The number of fused-ring (bicyclic) bond motifs is 2. The van der Waals surface area contributed by atoms with Gasteiger partial charge in [-0.05, 0) is 43.5 Å². The third kappa shape index (κ3) is 4.78. The van der Waals surface area contributed by atoms with E-state index in [-0.39, 0.29) is 29.2 Å². The molecule has 0 bridgehead atoms. The second kappa shape index (κ2) is 9.75. The highest BCUT2D eigenvalue weighted by Gasteiger charge is 2.29. The van der Waals surface area contributed by atoms with Crippen LogP contribution in [0.1, 0.15) is 30.9 Å². The Hall–Kier alpha value is -3.19. The predicted octanol–water partition coefficient (Wildman–Crippen LogP) is -1.49. The summed E-state index contributed by atoms with van der Waals surface area (Å²) in [4.78, 5) is 50.4. The zero-order valence-corrected chi connectivity index (χ0v) is 18.4. The van der Waals surface area contributed by atoms with Crippen LogP contribution in [0.5, 0.6) is 0 Å². The first-order valence-corrected chi connectivity index (χ1v) is 10.4. The summed E-state index contributed by atoms with van der Waals surface area (Å²) in [6, 6.07) is 3.42. The van der Waals surface area contributed by atoms with Crippen LogP contribution in [0, 0.1) is 13.8 Å². The third-order valence-electron chi connectivity index (χ3n) is 5.34. The van der Waals surface area contributed by atoms with E-state index >= 15 is 0 Å². The molecule has 3 atom stereocenters. The van der Waals surface area contributed by atoms with Crippen LogP contribution in [0.25, 0.3) is 22.6 Å². The molecule has 0 fully saturated rings. The molecule has 0 aliphatic carbocycles. The summed E-state index contributed by atoms with van der Waals surface area (Å²) in [7, 11) is 0. The fourth-order valence-corrected chi connectivity index (χ4v) is 3.36. The van der Waals surface area contributed by atoms with E-state index in [1.54, 1.807) is 19.1 Å². The summed E-state index contributed by atoms with van der Waals surface area (Å²) in [5.74, 6) is -0.984. The minimum atomic E-state index is -1.71. The van der Waals surface area contributed by atoms with E-state index in [1.165, 1.54) is 4.57 Å². The van der Waals surface area contributed by atoms with Crippen molar-refractivity contribution in [2.24, 2.45) is 0 Å². The Balaban J connectivity index is 2.27. The standard InChI is InChI=1S/C21H26N4O8/c1-4-5-16(29)33-25-20(31)17-19(23-21(25)32)24(8-14(27)18(30)15(28)9-26)13-7-11(3)10(2)6-12(13)22-17/h6-7,14-15,18,26-28,30H,4-5,8-9H2,1-3H3. The summed E-state index contributed by atoms with van der Waals surface area (Å²) >= 11 is 0. The lowest BCUT2D eigenvalue weighted by Crippen LogP contribution is -2.45. The lowest BCUT2D eigenvalue weighted by atomic mass is 10.1. The van der Waals surface area contributed by atoms with E-state index in [1.807, 2.05) is 13.8 Å². The van der Waals surface area contributed by atoms with Crippen molar-refractivity contribution in [3.8, 4) is 11.5 Å². The number of benzene rings is 1. The molecule has 0 spiro atoms. The molecule has 1 aromatic carbocycles. The van der Waals surface area contributed by atoms with Gasteiger partial charge in [-0.25, -0.2) is 14.6 Å². The fraction of sp³-hybridized carbons (Fsp3) is 0.476. The summed E-state index contributed by atoms with van der Waals surface area (Å²) in [6.45, 7) is 4.24. The summed E-state index contributed by atoms with van der Waals surface area (Å²) in [5.41, 5.74) is 0.00239. The van der Waals surface area contributed by atoms with Crippen molar-refractivity contribution >= 4 is 17.0 Å². The number of carbonyl (C=O) groups is 1. The number of hydrogen-bond acceptors (Lipinski definition) is 10. The summed E-state index contributed by atoms with van der Waals surface area (Å²) in [5, 5.41) is 39.3. The van der Waals surface area contributed by atoms with Gasteiger partial charge in [0.2, 0.25) is 0 Å². The molecule has 0 saturated heterocycles. The Kier molecular flexibility index (Phi) is 7.22. The molecule has 0 saturated carbocycles. The van der Waals surface area contributed by atoms with Crippen LogP contribution in [0.4, 0.5) is 0 Å². The first-order valence-electron chi connectivity index (χ1n) is 10.4. The van der Waals surface area contributed by atoms with E-state index in [4.69, 9.17) is 9.94 Å². The number of aromatic nitrogens is 4. The van der Waals surface area contributed by atoms with Gasteiger partial charge in [-0.2, -0.15) is 4.98 Å². The van der Waals surface area contributed by atoms with Gasteiger partial charge in [-0.3, -0.25) is 4.79 Å². The third-order valence-corrected chi connectivity index (χ3v) is 5.34. The Morgan fingerprint density at radius 1 is 1.09 bits per heavy atom. The van der Waals surface area contributed by atoms with Crippen LogP contribution in [-0.4, -0.2) is 70.6 Å². The predicted molar refractivity (Wildman–Crippen MR) is 116 cm³/mol. The number of aliphatic hydroxyl groups is 4. The van der Waals surface area contributed by atoms with Crippen molar-refractivity contribution in [1.29, 1.82) is 0 Å². The van der Waals surface area contributed by atoms with Crippen LogP contribution in [0.2, 0.25) is 0 Å². The maximum Gasteiger partial charge on any atom is 0.386 e. The van der Waals surface area contributed by atoms with Gasteiger partial charge in [0.1, 0.15) is 18.3 Å². The minimum Gasteiger partial charge on any atom is -0.394 e. The Bertz CT molecular complexity index is 1270. The number of hydrogen-bond donors (Lipinski definition) is 4. The largest absolute Gasteiger partial charge is 0.394 e. The molecule has 2 heterocycles. The summed E-state index contributed by atoms with van der Waals surface area (Å²) < 4.78 is 1.56. The molecule has 2 aliphatic rings. The fourth-order valence-electron chi connectivity index (χ4n) is 3.36. The molecule has 0 aromatic heterocycles. The smallest absolute Gasteiger partial charge is 0.386 e. The lowest BCUT2D eigenvalue weighted by Gasteiger charge is -2.25. The van der Waals surface area contributed by atoms with E-state index in [0.29, 0.717) is 17.5 Å². The topological polar surface area (TPSA) is 177 Å². The van der Waals surface area contributed by atoms with Crippen molar-refractivity contribution in [2.75, 3.05) is 6.61 Å². The molecule has 1 aromatic rings. The Morgan fingerprint density at radius 2 is 1.76 bits per heavy atom. The molecule has 2 aliphatic heterocycles. The maximum absolute atomic E-state index is 13.0.